The second-order valence-corrected chi connectivity index (χ2v) is 4.97. The number of para-hydroxylation sites is 2. The molecule has 1 aromatic carbocycles. The Labute approximate surface area is 106 Å². The van der Waals surface area contributed by atoms with Gasteiger partial charge in [-0.1, -0.05) is 23.5 Å². The van der Waals surface area contributed by atoms with Gasteiger partial charge in [0.25, 0.3) is 0 Å². The zero-order chi connectivity index (χ0) is 11.9. The first kappa shape index (κ1) is 9.84. The summed E-state index contributed by atoms with van der Waals surface area (Å²) in [5.41, 5.74) is 1.02. The van der Waals surface area contributed by atoms with Crippen molar-refractivity contribution in [2.75, 3.05) is 11.9 Å². The topological polar surface area (TPSA) is 64.3 Å². The van der Waals surface area contributed by atoms with Crippen molar-refractivity contribution in [3.8, 4) is 5.75 Å². The average Bonchev–Trinajstić information content (AvgIpc) is 2.99. The summed E-state index contributed by atoms with van der Waals surface area (Å²) < 4.78 is 7.61. The van der Waals surface area contributed by atoms with Crippen LogP contribution < -0.4 is 10.1 Å². The number of aromatic nitrogens is 4. The molecule has 90 valence electrons. The van der Waals surface area contributed by atoms with Crippen LogP contribution >= 0.6 is 11.3 Å². The summed E-state index contributed by atoms with van der Waals surface area (Å²) in [6.07, 6.45) is 1.52. The first-order valence-corrected chi connectivity index (χ1v) is 6.38. The molecule has 0 saturated heterocycles. The van der Waals surface area contributed by atoms with Gasteiger partial charge in [-0.25, -0.2) is 0 Å². The molecule has 3 heterocycles. The number of benzene rings is 1. The Morgan fingerprint density at radius 1 is 1.39 bits per heavy atom. The first-order valence-electron chi connectivity index (χ1n) is 5.56. The highest BCUT2D eigenvalue weighted by Gasteiger charge is 2.24. The minimum atomic E-state index is -0.0772. The number of nitrogens with one attached hydrogen (secondary N) is 1. The molecule has 4 rings (SSSR count). The molecule has 0 aliphatic carbocycles. The number of nitrogens with zero attached hydrogens (tertiary/aromatic N) is 4. The fraction of sp³-hybridized carbons (Fsp3) is 0.182. The smallest absolute Gasteiger partial charge is 0.234 e. The van der Waals surface area contributed by atoms with Crippen LogP contribution in [0.2, 0.25) is 0 Å². The largest absolute Gasteiger partial charge is 0.479 e. The van der Waals surface area contributed by atoms with Gasteiger partial charge in [0.2, 0.25) is 4.96 Å². The molecular weight excluding hydrogens is 250 g/mol. The number of anilines is 1. The van der Waals surface area contributed by atoms with Crippen molar-refractivity contribution in [1.82, 2.24) is 19.8 Å². The van der Waals surface area contributed by atoms with Crippen LogP contribution in [0.25, 0.3) is 4.96 Å². The lowest BCUT2D eigenvalue weighted by Gasteiger charge is -2.25. The predicted molar refractivity (Wildman–Crippen MR) is 67.0 cm³/mol. The number of hydrogen-bond acceptors (Lipinski definition) is 6. The van der Waals surface area contributed by atoms with Crippen molar-refractivity contribution in [2.45, 2.75) is 6.10 Å². The molecular formula is C11H9N5OS. The van der Waals surface area contributed by atoms with Crippen LogP contribution in [-0.2, 0) is 0 Å². The highest BCUT2D eigenvalue weighted by molar-refractivity contribution is 7.16. The lowest BCUT2D eigenvalue weighted by molar-refractivity contribution is 0.208. The van der Waals surface area contributed by atoms with E-state index in [1.54, 1.807) is 10.8 Å². The first-order chi connectivity index (χ1) is 8.90. The highest BCUT2D eigenvalue weighted by Crippen LogP contribution is 2.34. The van der Waals surface area contributed by atoms with E-state index in [9.17, 15) is 0 Å². The Bertz CT molecular complexity index is 678. The van der Waals surface area contributed by atoms with Gasteiger partial charge in [0.05, 0.1) is 12.2 Å². The SMILES string of the molecule is c1ccc2c(c1)NCC(c1nn3cnnc3s1)O2. The van der Waals surface area contributed by atoms with Crippen LogP contribution in [0.5, 0.6) is 5.75 Å². The highest BCUT2D eigenvalue weighted by atomic mass is 32.1. The summed E-state index contributed by atoms with van der Waals surface area (Å²) in [6, 6.07) is 7.90. The standard InChI is InChI=1S/C11H9N5OS/c1-2-4-8-7(3-1)12-5-9(17-8)10-15-16-6-13-14-11(16)18-10/h1-4,6,9,12H,5H2. The molecule has 0 bridgehead atoms. The van der Waals surface area contributed by atoms with Gasteiger partial charge < -0.3 is 10.1 Å². The summed E-state index contributed by atoms with van der Waals surface area (Å²) in [5, 5.41) is 16.4. The molecule has 0 saturated carbocycles. The monoisotopic (exact) mass is 259 g/mol. The molecule has 0 spiro atoms. The Morgan fingerprint density at radius 2 is 2.33 bits per heavy atom. The third-order valence-corrected chi connectivity index (χ3v) is 3.82. The molecule has 3 aromatic rings. The average molecular weight is 259 g/mol. The Balaban J connectivity index is 1.69. The lowest BCUT2D eigenvalue weighted by atomic mass is 10.2. The maximum atomic E-state index is 5.94. The van der Waals surface area contributed by atoms with E-state index in [1.807, 2.05) is 24.3 Å². The molecule has 1 aliphatic heterocycles. The Morgan fingerprint density at radius 3 is 3.28 bits per heavy atom. The van der Waals surface area contributed by atoms with Gasteiger partial charge >= 0.3 is 0 Å². The summed E-state index contributed by atoms with van der Waals surface area (Å²) >= 11 is 1.50. The summed E-state index contributed by atoms with van der Waals surface area (Å²) in [7, 11) is 0. The third kappa shape index (κ3) is 1.44. The van der Waals surface area contributed by atoms with Gasteiger partial charge in [0.15, 0.2) is 11.1 Å². The molecule has 1 atom stereocenters. The molecule has 0 radical (unpaired) electrons. The molecule has 7 heteroatoms. The van der Waals surface area contributed by atoms with E-state index in [1.165, 1.54) is 11.3 Å². The number of ether oxygens (including phenoxy) is 1. The van der Waals surface area contributed by atoms with Gasteiger partial charge in [0.1, 0.15) is 12.1 Å². The number of hydrogen-bond donors (Lipinski definition) is 1. The van der Waals surface area contributed by atoms with E-state index in [0.29, 0.717) is 6.54 Å². The molecule has 18 heavy (non-hydrogen) atoms. The van der Waals surface area contributed by atoms with Gasteiger partial charge in [-0.15, -0.1) is 10.2 Å². The molecule has 0 amide bonds. The minimum Gasteiger partial charge on any atom is -0.479 e. The fourth-order valence-corrected chi connectivity index (χ4v) is 2.80. The van der Waals surface area contributed by atoms with E-state index in [-0.39, 0.29) is 6.10 Å². The van der Waals surface area contributed by atoms with Crippen LogP contribution in [0.1, 0.15) is 11.1 Å². The van der Waals surface area contributed by atoms with Gasteiger partial charge in [-0.2, -0.15) is 9.61 Å². The maximum absolute atomic E-state index is 5.94. The van der Waals surface area contributed by atoms with Crippen molar-refractivity contribution >= 4 is 22.0 Å². The zero-order valence-corrected chi connectivity index (χ0v) is 10.1. The van der Waals surface area contributed by atoms with Crippen LogP contribution in [0.3, 0.4) is 0 Å². The molecule has 1 unspecified atom stereocenters. The van der Waals surface area contributed by atoms with Crippen LogP contribution in [-0.4, -0.2) is 26.4 Å². The van der Waals surface area contributed by atoms with Gasteiger partial charge in [-0.3, -0.25) is 0 Å². The molecule has 1 N–H and O–H groups in total. The second kappa shape index (κ2) is 3.67. The summed E-state index contributed by atoms with van der Waals surface area (Å²) in [5.74, 6) is 0.861. The van der Waals surface area contributed by atoms with E-state index >= 15 is 0 Å². The number of fused-ring (bicyclic) bond motifs is 2. The Kier molecular flexibility index (Phi) is 2.01. The second-order valence-electron chi connectivity index (χ2n) is 3.98. The van der Waals surface area contributed by atoms with E-state index in [2.05, 4.69) is 20.6 Å². The van der Waals surface area contributed by atoms with E-state index in [0.717, 1.165) is 21.4 Å². The molecule has 1 aliphatic rings. The quantitative estimate of drug-likeness (QED) is 0.721. The fourth-order valence-electron chi connectivity index (χ4n) is 1.96. The maximum Gasteiger partial charge on any atom is 0.234 e. The van der Waals surface area contributed by atoms with E-state index < -0.39 is 0 Å². The van der Waals surface area contributed by atoms with Crippen LogP contribution in [0.4, 0.5) is 5.69 Å². The normalized spacial score (nSPS) is 18.1. The van der Waals surface area contributed by atoms with Gasteiger partial charge in [0, 0.05) is 0 Å². The zero-order valence-electron chi connectivity index (χ0n) is 9.28. The predicted octanol–water partition coefficient (Wildman–Crippen LogP) is 1.73. The summed E-state index contributed by atoms with van der Waals surface area (Å²) in [6.45, 7) is 0.709. The third-order valence-electron chi connectivity index (χ3n) is 2.81. The minimum absolute atomic E-state index is 0.0772. The van der Waals surface area contributed by atoms with Crippen LogP contribution in [0.15, 0.2) is 30.6 Å². The molecule has 0 fully saturated rings. The van der Waals surface area contributed by atoms with Crippen molar-refractivity contribution in [3.63, 3.8) is 0 Å². The van der Waals surface area contributed by atoms with Crippen molar-refractivity contribution < 1.29 is 4.74 Å². The lowest BCUT2D eigenvalue weighted by Crippen LogP contribution is -2.23. The van der Waals surface area contributed by atoms with Gasteiger partial charge in [-0.05, 0) is 12.1 Å². The van der Waals surface area contributed by atoms with Crippen molar-refractivity contribution in [1.29, 1.82) is 0 Å². The van der Waals surface area contributed by atoms with E-state index in [4.69, 9.17) is 4.74 Å². The molecule has 2 aromatic heterocycles. The van der Waals surface area contributed by atoms with Crippen molar-refractivity contribution in [2.24, 2.45) is 0 Å². The Hall–Kier alpha value is -2.15. The summed E-state index contributed by atoms with van der Waals surface area (Å²) in [4.78, 5) is 0.785. The number of rotatable bonds is 1. The molecule has 6 nitrogen and oxygen atoms in total. The van der Waals surface area contributed by atoms with Crippen molar-refractivity contribution in [3.05, 3.63) is 35.6 Å². The van der Waals surface area contributed by atoms with Crippen LogP contribution in [0, 0.1) is 0 Å².